The van der Waals surface area contributed by atoms with Crippen molar-refractivity contribution in [3.63, 3.8) is 0 Å². The Hall–Kier alpha value is -4.70. The van der Waals surface area contributed by atoms with Crippen LogP contribution in [0.3, 0.4) is 0 Å². The van der Waals surface area contributed by atoms with E-state index in [9.17, 15) is 19.7 Å². The lowest BCUT2D eigenvalue weighted by atomic mass is 10.2. The Kier molecular flexibility index (Phi) is 11.7. The van der Waals surface area contributed by atoms with Crippen molar-refractivity contribution in [1.82, 2.24) is 0 Å². The number of nitrogens with zero attached hydrogens (tertiary/aromatic N) is 4. The summed E-state index contributed by atoms with van der Waals surface area (Å²) in [6.07, 6.45) is 11.3. The number of benzene rings is 2. The smallest absolute Gasteiger partial charge is 0.306 e. The van der Waals surface area contributed by atoms with Crippen molar-refractivity contribution in [2.75, 3.05) is 31.2 Å². The van der Waals surface area contributed by atoms with Gasteiger partial charge < -0.3 is 14.4 Å². The molecule has 0 aromatic heterocycles. The van der Waals surface area contributed by atoms with Crippen LogP contribution in [0.1, 0.15) is 25.7 Å². The number of hydrogen-bond donors (Lipinski definition) is 0. The summed E-state index contributed by atoms with van der Waals surface area (Å²) in [5, 5.41) is 19.0. The van der Waals surface area contributed by atoms with Gasteiger partial charge >= 0.3 is 11.9 Å². The lowest BCUT2D eigenvalue weighted by molar-refractivity contribution is -0.384. The maximum absolute atomic E-state index is 11.7. The van der Waals surface area contributed by atoms with Gasteiger partial charge in [0.2, 0.25) is 0 Å². The van der Waals surface area contributed by atoms with Crippen molar-refractivity contribution in [1.29, 1.82) is 0 Å². The molecule has 2 rings (SSSR count). The Labute approximate surface area is 209 Å². The molecule has 0 fully saturated rings. The fraction of sp³-hybridized carbons (Fsp3) is 0.308. The first kappa shape index (κ1) is 27.5. The highest BCUT2D eigenvalue weighted by Crippen LogP contribution is 2.23. The highest BCUT2D eigenvalue weighted by Gasteiger charge is 2.11. The standard InChI is InChI=1S/C26H26N4O6/c1-3-5-7-25(31)35-19-17-29(18-20-36-26(32)8-6-4-2)23-13-9-21(10-14-23)27-28-22-11-15-24(16-12-22)30(33)34/h1-2,9-16H,5-8,17-20H2. The van der Waals surface area contributed by atoms with Crippen LogP contribution in [0.2, 0.25) is 0 Å². The van der Waals surface area contributed by atoms with Gasteiger partial charge in [0.25, 0.3) is 5.69 Å². The molecule has 10 nitrogen and oxygen atoms in total. The molecule has 0 bridgehead atoms. The normalized spacial score (nSPS) is 10.3. The maximum atomic E-state index is 11.7. The van der Waals surface area contributed by atoms with Gasteiger partial charge in [-0.15, -0.1) is 24.7 Å². The van der Waals surface area contributed by atoms with E-state index in [1.165, 1.54) is 24.3 Å². The second-order valence-electron chi connectivity index (χ2n) is 7.33. The molecule has 0 atom stereocenters. The third-order valence-corrected chi connectivity index (χ3v) is 4.75. The largest absolute Gasteiger partial charge is 0.464 e. The second kappa shape index (κ2) is 15.3. The third kappa shape index (κ3) is 10.1. The third-order valence-electron chi connectivity index (χ3n) is 4.75. The van der Waals surface area contributed by atoms with E-state index in [1.807, 2.05) is 17.0 Å². The van der Waals surface area contributed by atoms with Gasteiger partial charge in [0.1, 0.15) is 13.2 Å². The van der Waals surface area contributed by atoms with Crippen LogP contribution >= 0.6 is 0 Å². The van der Waals surface area contributed by atoms with Crippen LogP contribution in [0.15, 0.2) is 58.8 Å². The van der Waals surface area contributed by atoms with E-state index in [4.69, 9.17) is 22.3 Å². The van der Waals surface area contributed by atoms with E-state index in [1.54, 1.807) is 12.1 Å². The molecule has 2 aromatic rings. The zero-order valence-corrected chi connectivity index (χ0v) is 19.7. The maximum Gasteiger partial charge on any atom is 0.306 e. The summed E-state index contributed by atoms with van der Waals surface area (Å²) in [5.74, 6) is 4.03. The molecule has 0 saturated carbocycles. The fourth-order valence-corrected chi connectivity index (χ4v) is 2.89. The van der Waals surface area contributed by atoms with Crippen LogP contribution in [0.25, 0.3) is 0 Å². The van der Waals surface area contributed by atoms with Crippen LogP contribution < -0.4 is 4.90 Å². The van der Waals surface area contributed by atoms with E-state index < -0.39 is 4.92 Å². The van der Waals surface area contributed by atoms with Crippen LogP contribution in [0.4, 0.5) is 22.7 Å². The molecule has 0 spiro atoms. The van der Waals surface area contributed by atoms with Crippen molar-refractivity contribution < 1.29 is 24.0 Å². The quantitative estimate of drug-likeness (QED) is 0.123. The minimum atomic E-state index is -0.484. The zero-order valence-electron chi connectivity index (χ0n) is 19.7. The van der Waals surface area contributed by atoms with Gasteiger partial charge in [-0.25, -0.2) is 0 Å². The van der Waals surface area contributed by atoms with E-state index in [0.29, 0.717) is 37.3 Å². The number of anilines is 1. The highest BCUT2D eigenvalue weighted by atomic mass is 16.6. The first-order valence-electron chi connectivity index (χ1n) is 11.1. The van der Waals surface area contributed by atoms with Gasteiger partial charge in [0, 0.05) is 30.7 Å². The van der Waals surface area contributed by atoms with Crippen LogP contribution in [0, 0.1) is 34.8 Å². The second-order valence-corrected chi connectivity index (χ2v) is 7.33. The van der Waals surface area contributed by atoms with Gasteiger partial charge in [0.05, 0.1) is 42.2 Å². The summed E-state index contributed by atoms with van der Waals surface area (Å²) in [7, 11) is 0. The van der Waals surface area contributed by atoms with Crippen molar-refractivity contribution in [3.05, 3.63) is 58.6 Å². The van der Waals surface area contributed by atoms with Gasteiger partial charge in [0.15, 0.2) is 0 Å². The number of carbonyl (C=O) groups excluding carboxylic acids is 2. The van der Waals surface area contributed by atoms with E-state index in [-0.39, 0.29) is 43.7 Å². The summed E-state index contributed by atoms with van der Waals surface area (Å²) < 4.78 is 10.5. The van der Waals surface area contributed by atoms with Gasteiger partial charge in [-0.3, -0.25) is 19.7 Å². The molecule has 0 unspecified atom stereocenters. The number of terminal acetylenes is 2. The molecule has 0 amide bonds. The predicted octanol–water partition coefficient (Wildman–Crippen LogP) is 4.73. The number of esters is 2. The Bertz CT molecular complexity index is 1100. The monoisotopic (exact) mass is 490 g/mol. The molecule has 0 N–H and O–H groups in total. The number of non-ortho nitro benzene ring substituents is 1. The first-order valence-corrected chi connectivity index (χ1v) is 11.1. The summed E-state index contributed by atoms with van der Waals surface area (Å²) in [6, 6.07) is 12.8. The topological polar surface area (TPSA) is 124 Å². The molecule has 0 heterocycles. The van der Waals surface area contributed by atoms with Crippen LogP contribution in [-0.2, 0) is 19.1 Å². The summed E-state index contributed by atoms with van der Waals surface area (Å²) >= 11 is 0. The van der Waals surface area contributed by atoms with Crippen LogP contribution in [0.5, 0.6) is 0 Å². The number of rotatable bonds is 14. The Balaban J connectivity index is 2.01. The molecule has 10 heteroatoms. The average molecular weight is 491 g/mol. The van der Waals surface area contributed by atoms with Crippen LogP contribution in [-0.4, -0.2) is 43.2 Å². The molecule has 2 aromatic carbocycles. The Morgan fingerprint density at radius 1 is 0.833 bits per heavy atom. The summed E-state index contributed by atoms with van der Waals surface area (Å²) in [4.78, 5) is 35.6. The van der Waals surface area contributed by atoms with Gasteiger partial charge in [-0.1, -0.05) is 0 Å². The van der Waals surface area contributed by atoms with Crippen molar-refractivity contribution in [2.45, 2.75) is 25.7 Å². The number of nitro benzene ring substituents is 1. The number of ether oxygens (including phenoxy) is 2. The molecular formula is C26H26N4O6. The molecule has 0 aliphatic rings. The predicted molar refractivity (Wildman–Crippen MR) is 134 cm³/mol. The lowest BCUT2D eigenvalue weighted by Crippen LogP contribution is -2.32. The van der Waals surface area contributed by atoms with Gasteiger partial charge in [-0.05, 0) is 36.4 Å². The minimum absolute atomic E-state index is 0.0261. The molecule has 0 aliphatic carbocycles. The molecular weight excluding hydrogens is 464 g/mol. The number of carbonyl (C=O) groups is 2. The molecule has 0 aliphatic heterocycles. The zero-order chi connectivity index (χ0) is 26.2. The van der Waals surface area contributed by atoms with E-state index in [2.05, 4.69) is 22.1 Å². The number of azo groups is 1. The number of hydrogen-bond acceptors (Lipinski definition) is 9. The lowest BCUT2D eigenvalue weighted by Gasteiger charge is -2.24. The fourth-order valence-electron chi connectivity index (χ4n) is 2.89. The first-order chi connectivity index (χ1) is 17.4. The van der Waals surface area contributed by atoms with Crippen molar-refractivity contribution in [2.24, 2.45) is 10.2 Å². The summed E-state index contributed by atoms with van der Waals surface area (Å²) in [6.45, 7) is 1.01. The molecule has 186 valence electrons. The van der Waals surface area contributed by atoms with Crippen molar-refractivity contribution in [3.8, 4) is 24.7 Å². The van der Waals surface area contributed by atoms with Gasteiger partial charge in [-0.2, -0.15) is 10.2 Å². The Morgan fingerprint density at radius 2 is 1.28 bits per heavy atom. The van der Waals surface area contributed by atoms with Crippen molar-refractivity contribution >= 4 is 34.7 Å². The SMILES string of the molecule is C#CCCC(=O)OCCN(CCOC(=O)CCC#C)c1ccc(N=Nc2ccc([N+](=O)[O-])cc2)cc1. The average Bonchev–Trinajstić information content (AvgIpc) is 2.89. The molecule has 0 saturated heterocycles. The summed E-state index contributed by atoms with van der Waals surface area (Å²) in [5.41, 5.74) is 1.81. The molecule has 36 heavy (non-hydrogen) atoms. The minimum Gasteiger partial charge on any atom is -0.464 e. The number of nitro groups is 1. The highest BCUT2D eigenvalue weighted by molar-refractivity contribution is 5.70. The van der Waals surface area contributed by atoms with E-state index in [0.717, 1.165) is 5.69 Å². The Morgan fingerprint density at radius 3 is 1.69 bits per heavy atom. The van der Waals surface area contributed by atoms with E-state index >= 15 is 0 Å². The molecule has 0 radical (unpaired) electrons.